The number of hydrogen-bond acceptors (Lipinski definition) is 5. The molecule has 2 heterocycles. The Kier molecular flexibility index (Phi) is 5.00. The maximum absolute atomic E-state index is 13.0. The van der Waals surface area contributed by atoms with Crippen LogP contribution in [-0.2, 0) is 6.54 Å². The number of carbonyl (C=O) groups excluding carboxylic acids is 1. The van der Waals surface area contributed by atoms with Crippen LogP contribution in [0.1, 0.15) is 28.1 Å². The van der Waals surface area contributed by atoms with Gasteiger partial charge in [-0.2, -0.15) is 0 Å². The summed E-state index contributed by atoms with van der Waals surface area (Å²) < 4.78 is 0.875. The maximum Gasteiger partial charge on any atom is 0.270 e. The molecule has 0 radical (unpaired) electrons. The molecular formula is C21H21N3O3S. The molecule has 0 unspecified atom stereocenters. The van der Waals surface area contributed by atoms with Crippen LogP contribution >= 0.6 is 11.3 Å². The zero-order valence-electron chi connectivity index (χ0n) is 15.6. The van der Waals surface area contributed by atoms with E-state index in [2.05, 4.69) is 17.0 Å². The van der Waals surface area contributed by atoms with Gasteiger partial charge in [0.1, 0.15) is 0 Å². The lowest BCUT2D eigenvalue weighted by atomic mass is 10.1. The molecule has 28 heavy (non-hydrogen) atoms. The van der Waals surface area contributed by atoms with Gasteiger partial charge in [0.15, 0.2) is 0 Å². The van der Waals surface area contributed by atoms with E-state index in [1.165, 1.54) is 42.0 Å². The molecule has 1 aliphatic rings. The van der Waals surface area contributed by atoms with Crippen LogP contribution in [0.3, 0.4) is 0 Å². The Morgan fingerprint density at radius 3 is 2.68 bits per heavy atom. The Balaban J connectivity index is 1.56. The monoisotopic (exact) mass is 395 g/mol. The van der Waals surface area contributed by atoms with Gasteiger partial charge in [-0.1, -0.05) is 18.2 Å². The van der Waals surface area contributed by atoms with Gasteiger partial charge in [0.25, 0.3) is 11.6 Å². The van der Waals surface area contributed by atoms with Crippen molar-refractivity contribution in [1.29, 1.82) is 0 Å². The first-order chi connectivity index (χ1) is 13.5. The molecule has 0 atom stereocenters. The highest BCUT2D eigenvalue weighted by molar-refractivity contribution is 7.20. The standard InChI is InChI=1S/C21H21N3O3S/c1-22(14-15-6-2-3-7-18(15)23-10-4-5-11-23)21(25)20-13-16-12-17(24(26)27)8-9-19(16)28-20/h2-3,6-9,12-13H,4-5,10-11,14H2,1H3. The van der Waals surface area contributed by atoms with Crippen molar-refractivity contribution in [3.8, 4) is 0 Å². The number of fused-ring (bicyclic) bond motifs is 1. The highest BCUT2D eigenvalue weighted by Crippen LogP contribution is 2.30. The van der Waals surface area contributed by atoms with Crippen LogP contribution in [0.25, 0.3) is 10.1 Å². The van der Waals surface area contributed by atoms with Crippen LogP contribution < -0.4 is 4.90 Å². The lowest BCUT2D eigenvalue weighted by Crippen LogP contribution is -2.27. The fourth-order valence-electron chi connectivity index (χ4n) is 3.68. The van der Waals surface area contributed by atoms with Crippen molar-refractivity contribution in [2.45, 2.75) is 19.4 Å². The second-order valence-corrected chi connectivity index (χ2v) is 8.16. The van der Waals surface area contributed by atoms with E-state index in [0.717, 1.165) is 28.7 Å². The van der Waals surface area contributed by atoms with E-state index in [-0.39, 0.29) is 11.6 Å². The quantitative estimate of drug-likeness (QED) is 0.465. The number of nitro groups is 1. The van der Waals surface area contributed by atoms with Crippen LogP contribution in [0.4, 0.5) is 11.4 Å². The molecule has 144 valence electrons. The number of anilines is 1. The normalized spacial score (nSPS) is 13.8. The lowest BCUT2D eigenvalue weighted by molar-refractivity contribution is -0.384. The first-order valence-electron chi connectivity index (χ1n) is 9.29. The SMILES string of the molecule is CN(Cc1ccccc1N1CCCC1)C(=O)c1cc2cc([N+](=O)[O-])ccc2s1. The number of amides is 1. The minimum Gasteiger partial charge on any atom is -0.371 e. The van der Waals surface area contributed by atoms with Crippen LogP contribution in [0.15, 0.2) is 48.5 Å². The van der Waals surface area contributed by atoms with Crippen LogP contribution in [-0.4, -0.2) is 35.9 Å². The van der Waals surface area contributed by atoms with Crippen molar-refractivity contribution in [3.63, 3.8) is 0 Å². The summed E-state index contributed by atoms with van der Waals surface area (Å²) in [6.07, 6.45) is 2.41. The number of nitro benzene ring substituents is 1. The van der Waals surface area contributed by atoms with E-state index in [1.54, 1.807) is 24.1 Å². The highest BCUT2D eigenvalue weighted by atomic mass is 32.1. The molecule has 0 spiro atoms. The number of rotatable bonds is 5. The van der Waals surface area contributed by atoms with E-state index in [1.807, 2.05) is 12.1 Å². The summed E-state index contributed by atoms with van der Waals surface area (Å²) >= 11 is 1.37. The average molecular weight is 395 g/mol. The van der Waals surface area contributed by atoms with Crippen molar-refractivity contribution >= 4 is 38.7 Å². The molecule has 7 heteroatoms. The molecule has 3 aromatic rings. The van der Waals surface area contributed by atoms with Crippen LogP contribution in [0.5, 0.6) is 0 Å². The lowest BCUT2D eigenvalue weighted by Gasteiger charge is -2.24. The highest BCUT2D eigenvalue weighted by Gasteiger charge is 2.20. The fraction of sp³-hybridized carbons (Fsp3) is 0.286. The van der Waals surface area contributed by atoms with Crippen LogP contribution in [0.2, 0.25) is 0 Å². The predicted molar refractivity (Wildman–Crippen MR) is 112 cm³/mol. The fourth-order valence-corrected chi connectivity index (χ4v) is 4.71. The Bertz CT molecular complexity index is 1040. The minimum absolute atomic E-state index is 0.0391. The minimum atomic E-state index is -0.417. The zero-order valence-corrected chi connectivity index (χ0v) is 16.4. The number of thiophene rings is 1. The number of nitrogens with zero attached hydrogens (tertiary/aromatic N) is 3. The molecule has 0 aliphatic carbocycles. The number of hydrogen-bond donors (Lipinski definition) is 0. The van der Waals surface area contributed by atoms with Crippen LogP contribution in [0, 0.1) is 10.1 Å². The summed E-state index contributed by atoms with van der Waals surface area (Å²) in [7, 11) is 1.80. The third kappa shape index (κ3) is 3.57. The van der Waals surface area contributed by atoms with E-state index >= 15 is 0 Å². The Morgan fingerprint density at radius 1 is 1.18 bits per heavy atom. The van der Waals surface area contributed by atoms with Gasteiger partial charge in [0.05, 0.1) is 9.80 Å². The van der Waals surface area contributed by atoms with Gasteiger partial charge in [-0.05, 0) is 36.6 Å². The van der Waals surface area contributed by atoms with Crippen molar-refractivity contribution in [3.05, 3.63) is 69.1 Å². The predicted octanol–water partition coefficient (Wildman–Crippen LogP) is 4.68. The zero-order chi connectivity index (χ0) is 19.7. The van der Waals surface area contributed by atoms with Gasteiger partial charge in [0, 0.05) is 54.6 Å². The van der Waals surface area contributed by atoms with Gasteiger partial charge in [-0.15, -0.1) is 11.3 Å². The topological polar surface area (TPSA) is 66.7 Å². The first-order valence-corrected chi connectivity index (χ1v) is 10.1. The van der Waals surface area contributed by atoms with E-state index in [0.29, 0.717) is 11.4 Å². The number of carbonyl (C=O) groups is 1. The summed E-state index contributed by atoms with van der Waals surface area (Å²) in [5.74, 6) is -0.0694. The average Bonchev–Trinajstić information content (AvgIpc) is 3.36. The molecule has 1 aromatic heterocycles. The third-order valence-electron chi connectivity index (χ3n) is 5.11. The number of benzene rings is 2. The molecule has 1 saturated heterocycles. The molecule has 0 saturated carbocycles. The molecule has 0 bridgehead atoms. The Hall–Kier alpha value is -2.93. The summed E-state index contributed by atoms with van der Waals surface area (Å²) in [5.41, 5.74) is 2.38. The Morgan fingerprint density at radius 2 is 1.93 bits per heavy atom. The molecule has 0 N–H and O–H groups in total. The number of non-ortho nitro benzene ring substituents is 1. The molecular weight excluding hydrogens is 374 g/mol. The third-order valence-corrected chi connectivity index (χ3v) is 6.22. The van der Waals surface area contributed by atoms with Gasteiger partial charge < -0.3 is 9.80 Å². The maximum atomic E-state index is 13.0. The largest absolute Gasteiger partial charge is 0.371 e. The summed E-state index contributed by atoms with van der Waals surface area (Å²) in [4.78, 5) is 28.2. The summed E-state index contributed by atoms with van der Waals surface area (Å²) in [6.45, 7) is 2.65. The van der Waals surface area contributed by atoms with Gasteiger partial charge in [-0.3, -0.25) is 14.9 Å². The Labute approximate surface area is 167 Å². The van der Waals surface area contributed by atoms with E-state index in [9.17, 15) is 14.9 Å². The number of para-hydroxylation sites is 1. The second kappa shape index (κ2) is 7.59. The van der Waals surface area contributed by atoms with Crippen molar-refractivity contribution in [2.24, 2.45) is 0 Å². The van der Waals surface area contributed by atoms with E-state index < -0.39 is 4.92 Å². The van der Waals surface area contributed by atoms with Crippen molar-refractivity contribution in [1.82, 2.24) is 4.90 Å². The molecule has 1 amide bonds. The second-order valence-electron chi connectivity index (χ2n) is 7.07. The summed E-state index contributed by atoms with van der Waals surface area (Å²) in [5, 5.41) is 11.7. The molecule has 4 rings (SSSR count). The van der Waals surface area contributed by atoms with Crippen molar-refractivity contribution < 1.29 is 9.72 Å². The first kappa shape index (κ1) is 18.4. The molecule has 2 aromatic carbocycles. The molecule has 6 nitrogen and oxygen atoms in total. The summed E-state index contributed by atoms with van der Waals surface area (Å²) in [6, 6.07) is 14.7. The van der Waals surface area contributed by atoms with Gasteiger partial charge in [-0.25, -0.2) is 0 Å². The van der Waals surface area contributed by atoms with E-state index in [4.69, 9.17) is 0 Å². The van der Waals surface area contributed by atoms with Gasteiger partial charge >= 0.3 is 0 Å². The molecule has 1 fully saturated rings. The van der Waals surface area contributed by atoms with Gasteiger partial charge in [0.2, 0.25) is 0 Å². The van der Waals surface area contributed by atoms with Crippen molar-refractivity contribution in [2.75, 3.05) is 25.0 Å². The smallest absolute Gasteiger partial charge is 0.270 e. The molecule has 1 aliphatic heterocycles.